The van der Waals surface area contributed by atoms with Gasteiger partial charge in [0.25, 0.3) is 0 Å². The highest BCUT2D eigenvalue weighted by atomic mass is 16.2. The van der Waals surface area contributed by atoms with Crippen LogP contribution in [0.25, 0.3) is 33.6 Å². The van der Waals surface area contributed by atoms with Gasteiger partial charge in [0.05, 0.1) is 42.9 Å². The number of hydrogen-bond donors (Lipinski definition) is 4. The Hall–Kier alpha value is -4.44. The predicted octanol–water partition coefficient (Wildman–Crippen LogP) is 6.62. The summed E-state index contributed by atoms with van der Waals surface area (Å²) in [5.41, 5.74) is 11.9. The number of likely N-dealkylation sites (N-methyl/N-ethyl adjacent to an activating group) is 1. The Kier molecular flexibility index (Phi) is 13.2. The van der Waals surface area contributed by atoms with E-state index in [2.05, 4.69) is 99.5 Å². The van der Waals surface area contributed by atoms with Crippen LogP contribution in [0.2, 0.25) is 0 Å². The van der Waals surface area contributed by atoms with Crippen LogP contribution < -0.4 is 11.1 Å². The summed E-state index contributed by atoms with van der Waals surface area (Å²) >= 11 is 0. The number of carbonyl (C=O) groups excluding carboxylic acids is 1. The molecule has 0 saturated carbocycles. The molecule has 0 bridgehead atoms. The summed E-state index contributed by atoms with van der Waals surface area (Å²) in [5, 5.41) is 3.38. The summed E-state index contributed by atoms with van der Waals surface area (Å²) in [7, 11) is 1.94. The highest BCUT2D eigenvalue weighted by Crippen LogP contribution is 2.33. The van der Waals surface area contributed by atoms with Crippen molar-refractivity contribution in [2.45, 2.75) is 72.9 Å². The fourth-order valence-corrected chi connectivity index (χ4v) is 5.69. The van der Waals surface area contributed by atoms with Gasteiger partial charge in [0.2, 0.25) is 5.91 Å². The number of amides is 1. The molecule has 252 valence electrons. The van der Waals surface area contributed by atoms with Crippen molar-refractivity contribution in [1.82, 2.24) is 35.1 Å². The quantitative estimate of drug-likeness (QED) is 0.144. The number of benzene rings is 2. The maximum Gasteiger partial charge on any atom is 0.223 e. The fourth-order valence-electron chi connectivity index (χ4n) is 5.69. The maximum absolute atomic E-state index is 12.7. The summed E-state index contributed by atoms with van der Waals surface area (Å²) < 4.78 is 0. The molecule has 2 aliphatic rings. The Labute approximate surface area is 280 Å². The lowest BCUT2D eigenvalue weighted by molar-refractivity contribution is -0.133. The third-order valence-corrected chi connectivity index (χ3v) is 8.24. The molecule has 2 aliphatic heterocycles. The molecular formula is C37H53N9O. The zero-order chi connectivity index (χ0) is 33.8. The summed E-state index contributed by atoms with van der Waals surface area (Å²) in [4.78, 5) is 36.6. The van der Waals surface area contributed by atoms with Crippen molar-refractivity contribution in [1.29, 1.82) is 0 Å². The smallest absolute Gasteiger partial charge is 0.223 e. The number of nitrogens with one attached hydrogen (secondary N) is 3. The number of guanidine groups is 1. The zero-order valence-electron chi connectivity index (χ0n) is 29.0. The highest BCUT2D eigenvalue weighted by molar-refractivity contribution is 5.79. The van der Waals surface area contributed by atoms with Crippen LogP contribution in [0.3, 0.4) is 0 Å². The molecule has 0 spiro atoms. The molecule has 0 aliphatic carbocycles. The van der Waals surface area contributed by atoms with Crippen molar-refractivity contribution in [3.8, 4) is 33.6 Å². The van der Waals surface area contributed by atoms with E-state index in [0.717, 1.165) is 91.7 Å². The van der Waals surface area contributed by atoms with Gasteiger partial charge in [-0.25, -0.2) is 9.97 Å². The van der Waals surface area contributed by atoms with Gasteiger partial charge in [-0.15, -0.1) is 0 Å². The molecule has 1 unspecified atom stereocenters. The number of carbonyl (C=O) groups is 1. The largest absolute Gasteiger partial charge is 0.370 e. The molecule has 0 radical (unpaired) electrons. The van der Waals surface area contributed by atoms with E-state index in [1.54, 1.807) is 0 Å². The van der Waals surface area contributed by atoms with E-state index in [1.807, 2.05) is 43.1 Å². The molecule has 5 N–H and O–H groups in total. The standard InChI is InChI=1S/C31H38N6O.C4H9N3.C2H6/c1-4-15-32-20-29-33-18-26(35-29)24-11-7-22(8-12-24)23-9-13-25(14-10-23)27-19-34-31(36-27)28-6-5-16-37(28)30(38)17-21(2)3;1-7-3-2-6-4(7)5;1-2/h7-14,18-19,21,28,32H,4-6,15-17,20H2,1-3H3,(H,33,35)(H,34,36);2-3H2,1H3,(H2,5,6);1-2H3. The lowest BCUT2D eigenvalue weighted by Crippen LogP contribution is -2.31. The first-order valence-corrected chi connectivity index (χ1v) is 17.1. The van der Waals surface area contributed by atoms with Crippen molar-refractivity contribution in [2.75, 3.05) is 33.2 Å². The molecule has 1 saturated heterocycles. The van der Waals surface area contributed by atoms with Crippen LogP contribution in [-0.4, -0.2) is 74.8 Å². The third-order valence-electron chi connectivity index (χ3n) is 8.24. The molecule has 4 heterocycles. The van der Waals surface area contributed by atoms with Gasteiger partial charge in [-0.2, -0.15) is 0 Å². The van der Waals surface area contributed by atoms with Gasteiger partial charge >= 0.3 is 0 Å². The number of nitrogens with two attached hydrogens (primary N) is 1. The van der Waals surface area contributed by atoms with Gasteiger partial charge in [0, 0.05) is 26.6 Å². The van der Waals surface area contributed by atoms with Gasteiger partial charge in [-0.3, -0.25) is 9.79 Å². The van der Waals surface area contributed by atoms with Gasteiger partial charge in [-0.1, -0.05) is 83.1 Å². The Morgan fingerprint density at radius 2 is 1.53 bits per heavy atom. The van der Waals surface area contributed by atoms with Crippen LogP contribution in [0.5, 0.6) is 0 Å². The Balaban J connectivity index is 0.000000486. The van der Waals surface area contributed by atoms with E-state index in [1.165, 1.54) is 5.56 Å². The van der Waals surface area contributed by atoms with Crippen LogP contribution in [0.4, 0.5) is 0 Å². The third kappa shape index (κ3) is 9.54. The summed E-state index contributed by atoms with van der Waals surface area (Å²) in [5.74, 6) is 3.10. The number of imidazole rings is 2. The maximum atomic E-state index is 12.7. The average molecular weight is 640 g/mol. The number of likely N-dealkylation sites (tertiary alicyclic amines) is 1. The number of H-pyrrole nitrogens is 2. The summed E-state index contributed by atoms with van der Waals surface area (Å²) in [6.07, 6.45) is 7.47. The molecule has 1 amide bonds. The van der Waals surface area contributed by atoms with Crippen LogP contribution in [0, 0.1) is 5.92 Å². The first-order valence-electron chi connectivity index (χ1n) is 17.1. The van der Waals surface area contributed by atoms with Crippen LogP contribution in [-0.2, 0) is 11.3 Å². The molecule has 10 heteroatoms. The monoisotopic (exact) mass is 639 g/mol. The van der Waals surface area contributed by atoms with Crippen molar-refractivity contribution in [3.05, 3.63) is 72.6 Å². The molecule has 6 rings (SSSR count). The second-order valence-electron chi connectivity index (χ2n) is 12.3. The second-order valence-corrected chi connectivity index (χ2v) is 12.3. The minimum absolute atomic E-state index is 0.0475. The van der Waals surface area contributed by atoms with E-state index in [-0.39, 0.29) is 11.9 Å². The molecule has 1 fully saturated rings. The van der Waals surface area contributed by atoms with Crippen molar-refractivity contribution >= 4 is 11.9 Å². The van der Waals surface area contributed by atoms with Crippen LogP contribution >= 0.6 is 0 Å². The lowest BCUT2D eigenvalue weighted by atomic mass is 10.0. The van der Waals surface area contributed by atoms with E-state index < -0.39 is 0 Å². The summed E-state index contributed by atoms with van der Waals surface area (Å²) in [6.45, 7) is 14.7. The van der Waals surface area contributed by atoms with Gasteiger partial charge in [0.15, 0.2) is 5.96 Å². The van der Waals surface area contributed by atoms with Crippen molar-refractivity contribution in [2.24, 2.45) is 16.6 Å². The number of aliphatic imine (C=N–C) groups is 1. The number of aromatic amines is 2. The van der Waals surface area contributed by atoms with Crippen LogP contribution in [0.15, 0.2) is 65.9 Å². The minimum atomic E-state index is 0.0475. The van der Waals surface area contributed by atoms with Crippen LogP contribution in [0.1, 0.15) is 78.0 Å². The normalized spacial score (nSPS) is 15.6. The fraction of sp³-hybridized carbons (Fsp3) is 0.459. The zero-order valence-corrected chi connectivity index (χ0v) is 29.0. The van der Waals surface area contributed by atoms with E-state index in [9.17, 15) is 4.79 Å². The Morgan fingerprint density at radius 1 is 0.936 bits per heavy atom. The number of hydrogen-bond acceptors (Lipinski definition) is 7. The average Bonchev–Trinajstić information content (AvgIpc) is 3.91. The van der Waals surface area contributed by atoms with E-state index >= 15 is 0 Å². The molecule has 1 atom stereocenters. The highest BCUT2D eigenvalue weighted by Gasteiger charge is 2.32. The minimum Gasteiger partial charge on any atom is -0.370 e. The Morgan fingerprint density at radius 3 is 2.06 bits per heavy atom. The topological polar surface area (TPSA) is 131 Å². The lowest BCUT2D eigenvalue weighted by Gasteiger charge is -2.24. The molecule has 47 heavy (non-hydrogen) atoms. The molecule has 4 aromatic rings. The SMILES string of the molecule is CC.CCCNCc1ncc(-c2ccc(-c3ccc(-c4cnc(C5CCCN5C(=O)CC(C)C)[nH]4)cc3)cc2)[nH]1.CN1CCN=C1N. The van der Waals surface area contributed by atoms with Crippen molar-refractivity contribution < 1.29 is 4.79 Å². The van der Waals surface area contributed by atoms with E-state index in [4.69, 9.17) is 5.73 Å². The molecule has 2 aromatic heterocycles. The van der Waals surface area contributed by atoms with Gasteiger partial charge < -0.3 is 30.8 Å². The second kappa shape index (κ2) is 17.5. The predicted molar refractivity (Wildman–Crippen MR) is 193 cm³/mol. The number of nitrogens with zero attached hydrogens (tertiary/aromatic N) is 5. The first-order chi connectivity index (χ1) is 22.8. The van der Waals surface area contributed by atoms with Crippen molar-refractivity contribution in [3.63, 3.8) is 0 Å². The number of aromatic nitrogens is 4. The molecule has 2 aromatic carbocycles. The van der Waals surface area contributed by atoms with E-state index in [0.29, 0.717) is 18.3 Å². The molecule has 10 nitrogen and oxygen atoms in total. The molecular weight excluding hydrogens is 586 g/mol. The Bertz CT molecular complexity index is 1550. The summed E-state index contributed by atoms with van der Waals surface area (Å²) in [6, 6.07) is 17.2. The van der Waals surface area contributed by atoms with Gasteiger partial charge in [0.1, 0.15) is 11.6 Å². The number of rotatable bonds is 10. The van der Waals surface area contributed by atoms with Gasteiger partial charge in [-0.05, 0) is 54.0 Å². The first kappa shape index (κ1) is 35.4.